The first-order valence-corrected chi connectivity index (χ1v) is 10.6. The van der Waals surface area contributed by atoms with Crippen LogP contribution in [0.25, 0.3) is 0 Å². The van der Waals surface area contributed by atoms with Gasteiger partial charge >= 0.3 is 6.09 Å². The lowest BCUT2D eigenvalue weighted by Gasteiger charge is -2.32. The normalized spacial score (nSPS) is 19.5. The number of aliphatic imine (C=N–C) groups is 1. The zero-order valence-electron chi connectivity index (χ0n) is 17.7. The Balaban J connectivity index is 0.00000300. The number of hydrogen-bond donors (Lipinski definition) is 2. The first kappa shape index (κ1) is 23.8. The lowest BCUT2D eigenvalue weighted by Crippen LogP contribution is -2.48. The molecule has 1 saturated carbocycles. The van der Waals surface area contributed by atoms with Gasteiger partial charge in [0.25, 0.3) is 0 Å². The molecule has 2 aliphatic rings. The molecule has 1 amide bonds. The number of aryl methyl sites for hydroxylation is 1. The fourth-order valence-corrected chi connectivity index (χ4v) is 4.48. The number of nitrogens with one attached hydrogen (secondary N) is 1. The van der Waals surface area contributed by atoms with Crippen LogP contribution in [0, 0.1) is 6.92 Å². The molecule has 1 aliphatic carbocycles. The van der Waals surface area contributed by atoms with Crippen molar-refractivity contribution in [2.75, 3.05) is 26.2 Å². The lowest BCUT2D eigenvalue weighted by molar-refractivity contribution is 0.0963. The van der Waals surface area contributed by atoms with Crippen LogP contribution < -0.4 is 11.1 Å². The number of nitrogens with zero attached hydrogens (tertiary/aromatic N) is 2. The molecule has 0 bridgehead atoms. The standard InChI is InChI=1S/C22H34N4O2.HI/c1-3-28-21(27)26-13-9-19(10-14-26)25-20(23)24-16-22(11-4-5-12-22)18-8-6-7-17(2)15-18;/h6-8,15,19H,3-5,9-14,16H2,1-2H3,(H3,23,24,25);1H. The smallest absolute Gasteiger partial charge is 0.409 e. The molecule has 0 atom stereocenters. The van der Waals surface area contributed by atoms with E-state index in [1.165, 1.54) is 36.8 Å². The van der Waals surface area contributed by atoms with Crippen molar-refractivity contribution in [1.29, 1.82) is 0 Å². The Bertz CT molecular complexity index is 696. The lowest BCUT2D eigenvalue weighted by atomic mass is 9.78. The Hall–Kier alpha value is -1.51. The third-order valence-electron chi connectivity index (χ3n) is 6.12. The van der Waals surface area contributed by atoms with E-state index in [1.54, 1.807) is 4.90 Å². The Morgan fingerprint density at radius 2 is 2.00 bits per heavy atom. The number of halogens is 1. The third kappa shape index (κ3) is 6.23. The first-order valence-electron chi connectivity index (χ1n) is 10.6. The summed E-state index contributed by atoms with van der Waals surface area (Å²) in [4.78, 5) is 18.3. The average molecular weight is 514 g/mol. The zero-order valence-corrected chi connectivity index (χ0v) is 20.0. The molecule has 29 heavy (non-hydrogen) atoms. The summed E-state index contributed by atoms with van der Waals surface area (Å²) in [7, 11) is 0. The number of rotatable bonds is 5. The molecule has 1 aromatic carbocycles. The van der Waals surface area contributed by atoms with Crippen molar-refractivity contribution in [3.05, 3.63) is 35.4 Å². The summed E-state index contributed by atoms with van der Waals surface area (Å²) in [6, 6.07) is 9.09. The van der Waals surface area contributed by atoms with Gasteiger partial charge < -0.3 is 20.7 Å². The van der Waals surface area contributed by atoms with Crippen LogP contribution in [0.15, 0.2) is 29.3 Å². The summed E-state index contributed by atoms with van der Waals surface area (Å²) in [5.74, 6) is 0.522. The van der Waals surface area contributed by atoms with Crippen LogP contribution >= 0.6 is 24.0 Å². The number of carbonyl (C=O) groups is 1. The Labute approximate surface area is 191 Å². The zero-order chi connectivity index (χ0) is 20.0. The SMILES string of the molecule is CCOC(=O)N1CCC(NC(N)=NCC2(c3cccc(C)c3)CCCC2)CC1.I. The second-order valence-electron chi connectivity index (χ2n) is 8.16. The summed E-state index contributed by atoms with van der Waals surface area (Å²) in [6.07, 6.45) is 6.35. The molecule has 0 unspecified atom stereocenters. The van der Waals surface area contributed by atoms with Crippen LogP contribution in [0.2, 0.25) is 0 Å². The maximum Gasteiger partial charge on any atom is 0.409 e. The van der Waals surface area contributed by atoms with E-state index in [0.29, 0.717) is 25.7 Å². The van der Waals surface area contributed by atoms with Crippen LogP contribution in [0.4, 0.5) is 4.79 Å². The largest absolute Gasteiger partial charge is 0.450 e. The first-order chi connectivity index (χ1) is 13.5. The average Bonchev–Trinajstić information content (AvgIpc) is 3.17. The fraction of sp³-hybridized carbons (Fsp3) is 0.636. The number of benzene rings is 1. The van der Waals surface area contributed by atoms with Crippen LogP contribution in [0.1, 0.15) is 56.6 Å². The quantitative estimate of drug-likeness (QED) is 0.355. The number of guanidine groups is 1. The second kappa shape index (κ2) is 11.0. The molecular formula is C22H35IN4O2. The number of hydrogen-bond acceptors (Lipinski definition) is 3. The summed E-state index contributed by atoms with van der Waals surface area (Å²) in [5, 5.41) is 3.36. The van der Waals surface area contributed by atoms with Crippen molar-refractivity contribution >= 4 is 36.0 Å². The van der Waals surface area contributed by atoms with Gasteiger partial charge in [-0.15, -0.1) is 24.0 Å². The molecule has 0 spiro atoms. The maximum atomic E-state index is 11.8. The van der Waals surface area contributed by atoms with Gasteiger partial charge in [-0.05, 0) is 45.1 Å². The van der Waals surface area contributed by atoms with Crippen molar-refractivity contribution in [3.8, 4) is 0 Å². The van der Waals surface area contributed by atoms with Crippen molar-refractivity contribution in [3.63, 3.8) is 0 Å². The molecule has 2 fully saturated rings. The summed E-state index contributed by atoms with van der Waals surface area (Å²) < 4.78 is 5.07. The topological polar surface area (TPSA) is 80.0 Å². The number of likely N-dealkylation sites (tertiary alicyclic amines) is 1. The van der Waals surface area contributed by atoms with Gasteiger partial charge in [-0.25, -0.2) is 4.79 Å². The molecule has 1 heterocycles. The molecule has 1 saturated heterocycles. The second-order valence-corrected chi connectivity index (χ2v) is 8.16. The highest BCUT2D eigenvalue weighted by Crippen LogP contribution is 2.41. The van der Waals surface area contributed by atoms with E-state index in [-0.39, 0.29) is 41.5 Å². The number of carbonyl (C=O) groups excluding carboxylic acids is 1. The van der Waals surface area contributed by atoms with Gasteiger partial charge in [-0.3, -0.25) is 4.99 Å². The van der Waals surface area contributed by atoms with Gasteiger partial charge in [0.05, 0.1) is 13.2 Å². The van der Waals surface area contributed by atoms with Gasteiger partial charge in [0.15, 0.2) is 5.96 Å². The molecule has 3 rings (SSSR count). The Morgan fingerprint density at radius 3 is 2.62 bits per heavy atom. The Kier molecular flexibility index (Phi) is 9.04. The van der Waals surface area contributed by atoms with Gasteiger partial charge in [0.1, 0.15) is 0 Å². The Morgan fingerprint density at radius 1 is 1.31 bits per heavy atom. The summed E-state index contributed by atoms with van der Waals surface area (Å²) in [5.41, 5.74) is 9.03. The molecule has 0 radical (unpaired) electrons. The highest BCUT2D eigenvalue weighted by molar-refractivity contribution is 14.0. The van der Waals surface area contributed by atoms with E-state index in [4.69, 9.17) is 15.5 Å². The van der Waals surface area contributed by atoms with Gasteiger partial charge in [0, 0.05) is 24.5 Å². The predicted octanol–water partition coefficient (Wildman–Crippen LogP) is 3.95. The molecule has 7 heteroatoms. The highest BCUT2D eigenvalue weighted by Gasteiger charge is 2.35. The predicted molar refractivity (Wildman–Crippen MR) is 128 cm³/mol. The third-order valence-corrected chi connectivity index (χ3v) is 6.12. The summed E-state index contributed by atoms with van der Waals surface area (Å²) >= 11 is 0. The van der Waals surface area contributed by atoms with Crippen molar-refractivity contribution in [2.24, 2.45) is 10.7 Å². The van der Waals surface area contributed by atoms with Crippen LogP contribution in [-0.4, -0.2) is 49.2 Å². The minimum atomic E-state index is -0.219. The summed E-state index contributed by atoms with van der Waals surface area (Å²) in [6.45, 7) is 6.51. The van der Waals surface area contributed by atoms with Crippen molar-refractivity contribution in [2.45, 2.75) is 63.8 Å². The van der Waals surface area contributed by atoms with Gasteiger partial charge in [0.2, 0.25) is 0 Å². The van der Waals surface area contributed by atoms with Gasteiger partial charge in [-0.1, -0.05) is 42.7 Å². The molecule has 6 nitrogen and oxygen atoms in total. The molecule has 162 valence electrons. The van der Waals surface area contributed by atoms with E-state index in [2.05, 4.69) is 36.5 Å². The van der Waals surface area contributed by atoms with Gasteiger partial charge in [-0.2, -0.15) is 0 Å². The fourth-order valence-electron chi connectivity index (χ4n) is 4.48. The van der Waals surface area contributed by atoms with Crippen LogP contribution in [0.3, 0.4) is 0 Å². The monoisotopic (exact) mass is 514 g/mol. The highest BCUT2D eigenvalue weighted by atomic mass is 127. The van der Waals surface area contributed by atoms with Crippen molar-refractivity contribution in [1.82, 2.24) is 10.2 Å². The van der Waals surface area contributed by atoms with Crippen LogP contribution in [0.5, 0.6) is 0 Å². The minimum absolute atomic E-state index is 0. The van der Waals surface area contributed by atoms with Crippen LogP contribution in [-0.2, 0) is 10.2 Å². The maximum absolute atomic E-state index is 11.8. The molecule has 1 aromatic rings. The number of nitrogens with two attached hydrogens (primary N) is 1. The number of ether oxygens (including phenoxy) is 1. The molecule has 0 aromatic heterocycles. The van der Waals surface area contributed by atoms with Crippen molar-refractivity contribution < 1.29 is 9.53 Å². The van der Waals surface area contributed by atoms with E-state index < -0.39 is 0 Å². The van der Waals surface area contributed by atoms with E-state index >= 15 is 0 Å². The molecule has 3 N–H and O–H groups in total. The number of piperidine rings is 1. The molecule has 1 aliphatic heterocycles. The molecular weight excluding hydrogens is 479 g/mol. The van der Waals surface area contributed by atoms with E-state index in [0.717, 1.165) is 19.4 Å². The van der Waals surface area contributed by atoms with E-state index in [1.807, 2.05) is 6.92 Å². The number of amides is 1. The minimum Gasteiger partial charge on any atom is -0.450 e. The van der Waals surface area contributed by atoms with E-state index in [9.17, 15) is 4.79 Å².